The summed E-state index contributed by atoms with van der Waals surface area (Å²) in [6.45, 7) is 7.86. The highest BCUT2D eigenvalue weighted by atomic mass is 16.7. The van der Waals surface area contributed by atoms with Crippen LogP contribution in [0.1, 0.15) is 33.1 Å². The van der Waals surface area contributed by atoms with E-state index >= 15 is 0 Å². The van der Waals surface area contributed by atoms with Crippen LogP contribution in [0, 0.1) is 28.6 Å². The number of fused-ring (bicyclic) bond motifs is 1. The van der Waals surface area contributed by atoms with E-state index in [9.17, 15) is 14.4 Å². The van der Waals surface area contributed by atoms with Crippen molar-refractivity contribution in [1.82, 2.24) is 0 Å². The van der Waals surface area contributed by atoms with Crippen LogP contribution in [0.25, 0.3) is 0 Å². The third-order valence-electron chi connectivity index (χ3n) is 8.22. The molecule has 0 radical (unpaired) electrons. The normalized spacial score (nSPS) is 58.0. The first kappa shape index (κ1) is 15.2. The van der Waals surface area contributed by atoms with E-state index in [0.717, 1.165) is 5.57 Å². The number of carbonyl (C=O) groups excluding carboxylic acids is 3. The zero-order valence-electron chi connectivity index (χ0n) is 14.7. The van der Waals surface area contributed by atoms with Crippen LogP contribution in [-0.4, -0.2) is 42.0 Å². The number of hydrogen-bond acceptors (Lipinski definition) is 7. The molecule has 7 heteroatoms. The molecule has 9 atom stereocenters. The average Bonchev–Trinajstić information content (AvgIpc) is 3.27. The van der Waals surface area contributed by atoms with E-state index in [4.69, 9.17) is 18.9 Å². The van der Waals surface area contributed by atoms with Gasteiger partial charge in [0.05, 0.1) is 23.2 Å². The molecule has 0 bridgehead atoms. The molecule has 2 saturated carbocycles. The second kappa shape index (κ2) is 4.01. The second-order valence-corrected chi connectivity index (χ2v) is 8.89. The zero-order chi connectivity index (χ0) is 18.2. The van der Waals surface area contributed by atoms with Gasteiger partial charge in [-0.1, -0.05) is 19.1 Å². The molecule has 7 unspecified atom stereocenters. The van der Waals surface area contributed by atoms with Gasteiger partial charge in [-0.2, -0.15) is 0 Å². The Morgan fingerprint density at radius 2 is 1.96 bits per heavy atom. The Balaban J connectivity index is 1.63. The Morgan fingerprint density at radius 3 is 2.69 bits per heavy atom. The second-order valence-electron chi connectivity index (χ2n) is 8.89. The first-order valence-corrected chi connectivity index (χ1v) is 9.24. The van der Waals surface area contributed by atoms with Gasteiger partial charge in [0.25, 0.3) is 0 Å². The Bertz CT molecular complexity index is 819. The summed E-state index contributed by atoms with van der Waals surface area (Å²) < 4.78 is 23.4. The standard InChI is InChI=1S/C19H20O7/c1-7(2)9-4-11-18-5-10-13(8(3)14(21)23-10)19(18,15(22)24-11)26-16-17(9,18)6-12(20)25-16/h8-11,13,16H,1,4-6H2,2-3H3/t8-,9-,10?,11?,13?,16?,17?,18?,19?/m0/s1. The molecule has 0 amide bonds. The van der Waals surface area contributed by atoms with E-state index in [2.05, 4.69) is 6.58 Å². The molecule has 2 aliphatic carbocycles. The van der Waals surface area contributed by atoms with Gasteiger partial charge in [-0.3, -0.25) is 9.59 Å². The van der Waals surface area contributed by atoms with Crippen molar-refractivity contribution < 1.29 is 33.3 Å². The van der Waals surface area contributed by atoms with E-state index in [1.165, 1.54) is 0 Å². The quantitative estimate of drug-likeness (QED) is 0.393. The molecule has 7 nitrogen and oxygen atoms in total. The number of ether oxygens (including phenoxy) is 4. The van der Waals surface area contributed by atoms with Gasteiger partial charge < -0.3 is 18.9 Å². The van der Waals surface area contributed by atoms with Crippen LogP contribution in [0.4, 0.5) is 0 Å². The van der Waals surface area contributed by atoms with Crippen LogP contribution < -0.4 is 0 Å². The third-order valence-corrected chi connectivity index (χ3v) is 8.22. The summed E-state index contributed by atoms with van der Waals surface area (Å²) >= 11 is 0. The monoisotopic (exact) mass is 360 g/mol. The van der Waals surface area contributed by atoms with Gasteiger partial charge in [0.2, 0.25) is 6.29 Å². The molecule has 0 N–H and O–H groups in total. The van der Waals surface area contributed by atoms with Crippen LogP contribution in [0.2, 0.25) is 0 Å². The molecule has 4 heterocycles. The number of rotatable bonds is 1. The van der Waals surface area contributed by atoms with Crippen LogP contribution in [0.15, 0.2) is 12.2 Å². The molecular formula is C19H20O7. The van der Waals surface area contributed by atoms with E-state index in [-0.39, 0.29) is 36.5 Å². The fourth-order valence-electron chi connectivity index (χ4n) is 7.59. The number of hydrogen-bond donors (Lipinski definition) is 0. The van der Waals surface area contributed by atoms with E-state index in [0.29, 0.717) is 12.8 Å². The van der Waals surface area contributed by atoms with Crippen LogP contribution in [-0.2, 0) is 33.3 Å². The summed E-state index contributed by atoms with van der Waals surface area (Å²) in [4.78, 5) is 37.6. The summed E-state index contributed by atoms with van der Waals surface area (Å²) in [5.41, 5.74) is -1.72. The van der Waals surface area contributed by atoms with Crippen molar-refractivity contribution in [3.8, 4) is 0 Å². The fraction of sp³-hybridized carbons (Fsp3) is 0.737. The minimum Gasteiger partial charge on any atom is -0.462 e. The molecule has 0 aromatic heterocycles. The SMILES string of the molecule is C=C(C)[C@@H]1CC2OC(=O)C34OC5OC(=O)CC51C23CC1OC(=O)[C@@H](C)C14. The molecule has 0 aromatic carbocycles. The highest BCUT2D eigenvalue weighted by Gasteiger charge is 2.95. The summed E-state index contributed by atoms with van der Waals surface area (Å²) in [5, 5.41) is 0. The molecule has 4 aliphatic heterocycles. The highest BCUT2D eigenvalue weighted by Crippen LogP contribution is 2.83. The van der Waals surface area contributed by atoms with Gasteiger partial charge in [-0.05, 0) is 25.7 Å². The van der Waals surface area contributed by atoms with E-state index in [1.807, 2.05) is 6.92 Å². The van der Waals surface area contributed by atoms with Crippen molar-refractivity contribution in [2.75, 3.05) is 0 Å². The van der Waals surface area contributed by atoms with Gasteiger partial charge in [0, 0.05) is 5.92 Å². The first-order valence-electron chi connectivity index (χ1n) is 9.24. The Kier molecular flexibility index (Phi) is 2.34. The lowest BCUT2D eigenvalue weighted by molar-refractivity contribution is -0.204. The van der Waals surface area contributed by atoms with Gasteiger partial charge >= 0.3 is 17.9 Å². The van der Waals surface area contributed by atoms with Crippen molar-refractivity contribution >= 4 is 17.9 Å². The molecule has 0 aromatic rings. The Labute approximate surface area is 150 Å². The number of carbonyl (C=O) groups is 3. The summed E-state index contributed by atoms with van der Waals surface area (Å²) in [6.07, 6.45) is -0.273. The Hall–Kier alpha value is -1.89. The van der Waals surface area contributed by atoms with Crippen molar-refractivity contribution in [3.05, 3.63) is 12.2 Å². The molecule has 6 aliphatic rings. The minimum absolute atomic E-state index is 0.0382. The lowest BCUT2D eigenvalue weighted by Gasteiger charge is -2.40. The van der Waals surface area contributed by atoms with Gasteiger partial charge in [0.15, 0.2) is 5.60 Å². The smallest absolute Gasteiger partial charge is 0.340 e. The molecule has 6 fully saturated rings. The molecule has 4 saturated heterocycles. The summed E-state index contributed by atoms with van der Waals surface area (Å²) in [7, 11) is 0. The topological polar surface area (TPSA) is 88.1 Å². The maximum atomic E-state index is 13.1. The van der Waals surface area contributed by atoms with Crippen molar-refractivity contribution in [1.29, 1.82) is 0 Å². The van der Waals surface area contributed by atoms with E-state index < -0.39 is 40.5 Å². The largest absolute Gasteiger partial charge is 0.462 e. The van der Waals surface area contributed by atoms with Crippen molar-refractivity contribution in [3.63, 3.8) is 0 Å². The van der Waals surface area contributed by atoms with Crippen molar-refractivity contribution in [2.45, 2.75) is 57.2 Å². The Morgan fingerprint density at radius 1 is 1.19 bits per heavy atom. The number of allylic oxidation sites excluding steroid dienone is 1. The fourth-order valence-corrected chi connectivity index (χ4v) is 7.59. The van der Waals surface area contributed by atoms with E-state index in [1.54, 1.807) is 6.92 Å². The zero-order valence-corrected chi connectivity index (χ0v) is 14.7. The molecule has 138 valence electrons. The maximum Gasteiger partial charge on any atom is 0.340 e. The maximum absolute atomic E-state index is 13.1. The minimum atomic E-state index is -1.27. The molecule has 26 heavy (non-hydrogen) atoms. The van der Waals surface area contributed by atoms with Crippen molar-refractivity contribution in [2.24, 2.45) is 28.6 Å². The van der Waals surface area contributed by atoms with Gasteiger partial charge in [-0.25, -0.2) is 4.79 Å². The molecule has 2 spiro atoms. The van der Waals surface area contributed by atoms with Crippen LogP contribution >= 0.6 is 0 Å². The molecule has 6 rings (SSSR count). The highest BCUT2D eigenvalue weighted by molar-refractivity contribution is 5.90. The lowest BCUT2D eigenvalue weighted by Crippen LogP contribution is -2.54. The van der Waals surface area contributed by atoms with Gasteiger partial charge in [0.1, 0.15) is 12.2 Å². The summed E-state index contributed by atoms with van der Waals surface area (Å²) in [5.74, 6) is -1.94. The molecular weight excluding hydrogens is 340 g/mol. The predicted molar refractivity (Wildman–Crippen MR) is 83.1 cm³/mol. The number of esters is 3. The summed E-state index contributed by atoms with van der Waals surface area (Å²) in [6, 6.07) is 0. The lowest BCUT2D eigenvalue weighted by atomic mass is 9.55. The van der Waals surface area contributed by atoms with Crippen LogP contribution in [0.5, 0.6) is 0 Å². The van der Waals surface area contributed by atoms with Gasteiger partial charge in [-0.15, -0.1) is 0 Å². The third kappa shape index (κ3) is 1.14. The van der Waals surface area contributed by atoms with Crippen LogP contribution in [0.3, 0.4) is 0 Å². The average molecular weight is 360 g/mol. The first-order chi connectivity index (χ1) is 12.3. The predicted octanol–water partition coefficient (Wildman–Crippen LogP) is 1.10.